The lowest BCUT2D eigenvalue weighted by Gasteiger charge is -2.37. The smallest absolute Gasteiger partial charge is 0.194 e. The van der Waals surface area contributed by atoms with Crippen molar-refractivity contribution < 1.29 is 22.2 Å². The maximum atomic E-state index is 13.7. The first-order valence-electron chi connectivity index (χ1n) is 7.52. The number of ketones is 1. The van der Waals surface area contributed by atoms with E-state index in [2.05, 4.69) is 0 Å². The van der Waals surface area contributed by atoms with E-state index < -0.39 is 28.3 Å². The highest BCUT2D eigenvalue weighted by molar-refractivity contribution is 7.86. The molecule has 120 valence electrons. The number of hydrogen-bond donors (Lipinski definition) is 0. The van der Waals surface area contributed by atoms with Gasteiger partial charge < -0.3 is 0 Å². The van der Waals surface area contributed by atoms with Crippen LogP contribution in [-0.4, -0.2) is 20.5 Å². The lowest BCUT2D eigenvalue weighted by atomic mass is 9.84. The van der Waals surface area contributed by atoms with E-state index in [-0.39, 0.29) is 34.2 Å². The standard InChI is InChI=1S/C16H17F3O2S/c17-13-5-4-9(15(18)16(13)19)8-14(20)10-6-11-2-1-3-12(7-10)22(11)21/h4-5,10-12H,1-3,6-8H2. The Kier molecular flexibility index (Phi) is 4.39. The molecular weight excluding hydrogens is 313 g/mol. The van der Waals surface area contributed by atoms with Crippen molar-refractivity contribution in [2.24, 2.45) is 5.92 Å². The summed E-state index contributed by atoms with van der Waals surface area (Å²) in [6.45, 7) is 0. The molecule has 2 fully saturated rings. The van der Waals surface area contributed by atoms with Gasteiger partial charge in [-0.2, -0.15) is 0 Å². The maximum Gasteiger partial charge on any atom is 0.194 e. The van der Waals surface area contributed by atoms with E-state index in [1.165, 1.54) is 0 Å². The molecule has 6 heteroatoms. The van der Waals surface area contributed by atoms with Crippen molar-refractivity contribution in [1.82, 2.24) is 0 Å². The number of benzene rings is 1. The Hall–Kier alpha value is -1.17. The second-order valence-corrected chi connectivity index (χ2v) is 8.14. The summed E-state index contributed by atoms with van der Waals surface area (Å²) in [6, 6.07) is 1.96. The van der Waals surface area contributed by atoms with Crippen LogP contribution in [0, 0.1) is 23.4 Å². The van der Waals surface area contributed by atoms with Gasteiger partial charge in [0.25, 0.3) is 0 Å². The third kappa shape index (κ3) is 2.85. The molecule has 3 rings (SSSR count). The minimum absolute atomic E-state index is 0.0521. The van der Waals surface area contributed by atoms with Crippen LogP contribution < -0.4 is 0 Å². The molecule has 1 aromatic carbocycles. The van der Waals surface area contributed by atoms with E-state index in [0.29, 0.717) is 12.8 Å². The van der Waals surface area contributed by atoms with Crippen molar-refractivity contribution in [2.45, 2.75) is 49.0 Å². The Bertz CT molecular complexity index is 616. The highest BCUT2D eigenvalue weighted by Gasteiger charge is 2.40. The molecule has 0 N–H and O–H groups in total. The van der Waals surface area contributed by atoms with Gasteiger partial charge in [0.2, 0.25) is 0 Å². The molecular formula is C16H17F3O2S. The second kappa shape index (κ2) is 6.14. The summed E-state index contributed by atoms with van der Waals surface area (Å²) in [6.07, 6.45) is 3.67. The summed E-state index contributed by atoms with van der Waals surface area (Å²) < 4.78 is 51.9. The van der Waals surface area contributed by atoms with E-state index in [1.54, 1.807) is 0 Å². The third-order valence-corrected chi connectivity index (χ3v) is 6.91. The molecule has 0 aliphatic carbocycles. The Balaban J connectivity index is 1.73. The average molecular weight is 330 g/mol. The minimum Gasteiger partial charge on any atom is -0.299 e. The van der Waals surface area contributed by atoms with E-state index >= 15 is 0 Å². The molecule has 0 radical (unpaired) electrons. The maximum absolute atomic E-state index is 13.7. The number of hydrogen-bond acceptors (Lipinski definition) is 2. The average Bonchev–Trinajstić information content (AvgIpc) is 2.47. The summed E-state index contributed by atoms with van der Waals surface area (Å²) in [7, 11) is -0.867. The van der Waals surface area contributed by atoms with Crippen molar-refractivity contribution in [2.75, 3.05) is 0 Å². The molecule has 2 nitrogen and oxygen atoms in total. The number of carbonyl (C=O) groups is 1. The zero-order valence-electron chi connectivity index (χ0n) is 12.0. The number of Topliss-reactive ketones (excluding diaryl/α,β-unsaturated/α-hetero) is 1. The molecule has 22 heavy (non-hydrogen) atoms. The molecule has 2 aliphatic heterocycles. The summed E-state index contributed by atoms with van der Waals surface area (Å²) in [5.74, 6) is -4.49. The van der Waals surface area contributed by atoms with E-state index in [0.717, 1.165) is 31.4 Å². The predicted molar refractivity (Wildman–Crippen MR) is 77.3 cm³/mol. The van der Waals surface area contributed by atoms with Crippen LogP contribution in [0.5, 0.6) is 0 Å². The summed E-state index contributed by atoms with van der Waals surface area (Å²) in [5.41, 5.74) is -0.110. The number of carbonyl (C=O) groups excluding carboxylic acids is 1. The molecule has 2 unspecified atom stereocenters. The highest BCUT2D eigenvalue weighted by Crippen LogP contribution is 2.37. The first kappa shape index (κ1) is 15.7. The molecule has 0 aromatic heterocycles. The van der Waals surface area contributed by atoms with Gasteiger partial charge in [0.15, 0.2) is 17.5 Å². The quantitative estimate of drug-likeness (QED) is 0.797. The van der Waals surface area contributed by atoms with Crippen molar-refractivity contribution >= 4 is 16.6 Å². The summed E-state index contributed by atoms with van der Waals surface area (Å²) in [4.78, 5) is 12.4. The first-order valence-corrected chi connectivity index (χ1v) is 8.79. The number of fused-ring (bicyclic) bond motifs is 2. The van der Waals surface area contributed by atoms with Gasteiger partial charge in [0.1, 0.15) is 5.78 Å². The number of rotatable bonds is 3. The normalized spacial score (nSPS) is 31.0. The molecule has 0 spiro atoms. The van der Waals surface area contributed by atoms with Crippen LogP contribution in [0.2, 0.25) is 0 Å². The van der Waals surface area contributed by atoms with Crippen LogP contribution in [0.1, 0.15) is 37.7 Å². The Morgan fingerprint density at radius 3 is 2.36 bits per heavy atom. The Labute approximate surface area is 129 Å². The zero-order chi connectivity index (χ0) is 15.9. The molecule has 2 bridgehead atoms. The van der Waals surface area contributed by atoms with Gasteiger partial charge in [-0.05, 0) is 37.3 Å². The fourth-order valence-electron chi connectivity index (χ4n) is 3.53. The second-order valence-electron chi connectivity index (χ2n) is 6.15. The largest absolute Gasteiger partial charge is 0.299 e. The SMILES string of the molecule is O=C(Cc1ccc(F)c(F)c1F)C1CC2CCCC(C1)S2=O. The molecule has 2 heterocycles. The van der Waals surface area contributed by atoms with Crippen LogP contribution in [0.25, 0.3) is 0 Å². The van der Waals surface area contributed by atoms with Crippen molar-refractivity contribution in [3.05, 3.63) is 35.1 Å². The fraction of sp³-hybridized carbons (Fsp3) is 0.562. The molecule has 2 aliphatic rings. The highest BCUT2D eigenvalue weighted by atomic mass is 32.2. The van der Waals surface area contributed by atoms with Gasteiger partial charge in [-0.25, -0.2) is 13.2 Å². The van der Waals surface area contributed by atoms with Gasteiger partial charge in [-0.1, -0.05) is 12.5 Å². The van der Waals surface area contributed by atoms with E-state index in [4.69, 9.17) is 0 Å². The minimum atomic E-state index is -1.54. The predicted octanol–water partition coefficient (Wildman–Crippen LogP) is 3.30. The fourth-order valence-corrected chi connectivity index (χ4v) is 5.72. The summed E-state index contributed by atoms with van der Waals surface area (Å²) in [5, 5.41) is 0.104. The van der Waals surface area contributed by atoms with Crippen molar-refractivity contribution in [3.8, 4) is 0 Å². The molecule has 2 atom stereocenters. The van der Waals surface area contributed by atoms with Gasteiger partial charge in [0, 0.05) is 33.6 Å². The lowest BCUT2D eigenvalue weighted by molar-refractivity contribution is -0.122. The monoisotopic (exact) mass is 330 g/mol. The van der Waals surface area contributed by atoms with Gasteiger partial charge in [-0.15, -0.1) is 0 Å². The Morgan fingerprint density at radius 2 is 1.73 bits per heavy atom. The lowest BCUT2D eigenvalue weighted by Crippen LogP contribution is -2.41. The molecule has 1 aromatic rings. The van der Waals surface area contributed by atoms with Crippen LogP contribution in [0.15, 0.2) is 12.1 Å². The zero-order valence-corrected chi connectivity index (χ0v) is 12.8. The third-order valence-electron chi connectivity index (χ3n) is 4.74. The first-order chi connectivity index (χ1) is 10.5. The van der Waals surface area contributed by atoms with E-state index in [9.17, 15) is 22.2 Å². The van der Waals surface area contributed by atoms with Crippen LogP contribution in [-0.2, 0) is 22.0 Å². The Morgan fingerprint density at radius 1 is 1.09 bits per heavy atom. The topological polar surface area (TPSA) is 34.1 Å². The molecule has 0 saturated carbocycles. The van der Waals surface area contributed by atoms with Crippen molar-refractivity contribution in [3.63, 3.8) is 0 Å². The van der Waals surface area contributed by atoms with Crippen LogP contribution >= 0.6 is 0 Å². The summed E-state index contributed by atoms with van der Waals surface area (Å²) >= 11 is 0. The molecule has 0 amide bonds. The van der Waals surface area contributed by atoms with Gasteiger partial charge in [0.05, 0.1) is 0 Å². The van der Waals surface area contributed by atoms with Gasteiger partial charge >= 0.3 is 0 Å². The van der Waals surface area contributed by atoms with E-state index in [1.807, 2.05) is 0 Å². The van der Waals surface area contributed by atoms with Crippen molar-refractivity contribution in [1.29, 1.82) is 0 Å². The van der Waals surface area contributed by atoms with Crippen LogP contribution in [0.3, 0.4) is 0 Å². The van der Waals surface area contributed by atoms with Crippen LogP contribution in [0.4, 0.5) is 13.2 Å². The number of halogens is 3. The molecule has 2 saturated heterocycles. The van der Waals surface area contributed by atoms with Gasteiger partial charge in [-0.3, -0.25) is 9.00 Å².